The molecule has 0 radical (unpaired) electrons. The van der Waals surface area contributed by atoms with Crippen LogP contribution in [-0.2, 0) is 20.9 Å². The average Bonchev–Trinajstić information content (AvgIpc) is 2.79. The van der Waals surface area contributed by atoms with Gasteiger partial charge in [0.25, 0.3) is 0 Å². The van der Waals surface area contributed by atoms with Crippen molar-refractivity contribution >= 4 is 29.5 Å². The molecule has 1 saturated heterocycles. The smallest absolute Gasteiger partial charge is 0.348 e. The Hall–Kier alpha value is -1.89. The second-order valence-corrected chi connectivity index (χ2v) is 9.89. The van der Waals surface area contributed by atoms with E-state index in [9.17, 15) is 9.90 Å². The van der Waals surface area contributed by atoms with Crippen LogP contribution in [0.15, 0.2) is 71.3 Å². The first kappa shape index (κ1) is 21.3. The van der Waals surface area contributed by atoms with Gasteiger partial charge in [-0.15, -0.1) is 11.8 Å². The van der Waals surface area contributed by atoms with Crippen LogP contribution >= 0.6 is 23.5 Å². The Morgan fingerprint density at radius 3 is 2.37 bits per heavy atom. The SMILES string of the molecule is O=C1OC(CCN2CCSCC2)(c2ccccc2)CC(O)=C1SCc1ccccc1. The van der Waals surface area contributed by atoms with Gasteiger partial charge in [0.1, 0.15) is 16.3 Å². The van der Waals surface area contributed by atoms with Crippen LogP contribution in [0.4, 0.5) is 0 Å². The first-order valence-corrected chi connectivity index (χ1v) is 12.5. The largest absolute Gasteiger partial charge is 0.511 e. The molecule has 1 fully saturated rings. The molecule has 0 aliphatic carbocycles. The maximum absolute atomic E-state index is 13.0. The minimum absolute atomic E-state index is 0.144. The number of carbonyl (C=O) groups excluding carboxylic acids is 1. The molecule has 4 nitrogen and oxygen atoms in total. The molecule has 2 aromatic carbocycles. The molecule has 2 aromatic rings. The van der Waals surface area contributed by atoms with Gasteiger partial charge in [-0.1, -0.05) is 60.7 Å². The van der Waals surface area contributed by atoms with E-state index in [1.807, 2.05) is 72.4 Å². The molecule has 0 saturated carbocycles. The Morgan fingerprint density at radius 1 is 1.03 bits per heavy atom. The van der Waals surface area contributed by atoms with E-state index in [2.05, 4.69) is 4.90 Å². The Labute approximate surface area is 186 Å². The molecule has 1 unspecified atom stereocenters. The summed E-state index contributed by atoms with van der Waals surface area (Å²) in [5, 5.41) is 10.9. The molecule has 2 aliphatic heterocycles. The van der Waals surface area contributed by atoms with Crippen molar-refractivity contribution in [1.29, 1.82) is 0 Å². The predicted octanol–water partition coefficient (Wildman–Crippen LogP) is 4.97. The van der Waals surface area contributed by atoms with E-state index >= 15 is 0 Å². The lowest BCUT2D eigenvalue weighted by atomic mass is 9.84. The highest BCUT2D eigenvalue weighted by Crippen LogP contribution is 2.43. The summed E-state index contributed by atoms with van der Waals surface area (Å²) in [6.45, 7) is 2.97. The summed E-state index contributed by atoms with van der Waals surface area (Å²) in [6.07, 6.45) is 0.997. The van der Waals surface area contributed by atoms with Crippen molar-refractivity contribution in [3.8, 4) is 0 Å². The fourth-order valence-corrected chi connectivity index (χ4v) is 5.83. The number of nitrogens with zero attached hydrogens (tertiary/aromatic N) is 1. The van der Waals surface area contributed by atoms with Crippen LogP contribution in [-0.4, -0.2) is 47.1 Å². The summed E-state index contributed by atoms with van der Waals surface area (Å²) in [7, 11) is 0. The van der Waals surface area contributed by atoms with Gasteiger partial charge in [0.2, 0.25) is 0 Å². The minimum Gasteiger partial charge on any atom is -0.511 e. The van der Waals surface area contributed by atoms with E-state index in [1.165, 1.54) is 11.8 Å². The Bertz CT molecular complexity index is 882. The number of esters is 1. The third-order valence-electron chi connectivity index (χ3n) is 5.65. The van der Waals surface area contributed by atoms with Gasteiger partial charge in [-0.3, -0.25) is 0 Å². The molecule has 1 N–H and O–H groups in total. The van der Waals surface area contributed by atoms with E-state index in [4.69, 9.17) is 4.74 Å². The first-order chi connectivity index (χ1) is 14.7. The van der Waals surface area contributed by atoms with E-state index in [0.717, 1.165) is 42.3 Å². The van der Waals surface area contributed by atoms with Crippen LogP contribution < -0.4 is 0 Å². The summed E-state index contributed by atoms with van der Waals surface area (Å²) < 4.78 is 6.11. The van der Waals surface area contributed by atoms with Crippen LogP contribution in [0.5, 0.6) is 0 Å². The molecule has 1 atom stereocenters. The van der Waals surface area contributed by atoms with Crippen molar-refractivity contribution in [3.05, 3.63) is 82.5 Å². The highest BCUT2D eigenvalue weighted by Gasteiger charge is 2.43. The number of rotatable bonds is 7. The molecule has 158 valence electrons. The van der Waals surface area contributed by atoms with E-state index < -0.39 is 11.6 Å². The van der Waals surface area contributed by atoms with Crippen molar-refractivity contribution in [1.82, 2.24) is 4.90 Å². The monoisotopic (exact) mass is 441 g/mol. The zero-order valence-electron chi connectivity index (χ0n) is 17.0. The zero-order valence-corrected chi connectivity index (χ0v) is 18.6. The van der Waals surface area contributed by atoms with Gasteiger partial charge < -0.3 is 14.7 Å². The third kappa shape index (κ3) is 5.05. The molecule has 2 aliphatic rings. The Balaban J connectivity index is 1.53. The van der Waals surface area contributed by atoms with Crippen molar-refractivity contribution in [2.24, 2.45) is 0 Å². The lowest BCUT2D eigenvalue weighted by molar-refractivity contribution is -0.160. The number of cyclic esters (lactones) is 1. The molecular formula is C24H27NO3S2. The average molecular weight is 442 g/mol. The highest BCUT2D eigenvalue weighted by molar-refractivity contribution is 8.03. The summed E-state index contributed by atoms with van der Waals surface area (Å²) >= 11 is 3.33. The van der Waals surface area contributed by atoms with Gasteiger partial charge in [0, 0.05) is 43.3 Å². The summed E-state index contributed by atoms with van der Waals surface area (Å²) in [5.74, 6) is 2.63. The summed E-state index contributed by atoms with van der Waals surface area (Å²) in [5.41, 5.74) is 1.24. The lowest BCUT2D eigenvalue weighted by Gasteiger charge is -2.39. The molecule has 0 bridgehead atoms. The number of ether oxygens (including phenoxy) is 1. The van der Waals surface area contributed by atoms with Gasteiger partial charge in [-0.05, 0) is 11.1 Å². The fourth-order valence-electron chi connectivity index (χ4n) is 3.95. The van der Waals surface area contributed by atoms with Gasteiger partial charge in [-0.2, -0.15) is 11.8 Å². The topological polar surface area (TPSA) is 49.8 Å². The summed E-state index contributed by atoms with van der Waals surface area (Å²) in [6, 6.07) is 19.8. The highest BCUT2D eigenvalue weighted by atomic mass is 32.2. The second kappa shape index (κ2) is 9.94. The Morgan fingerprint density at radius 2 is 1.70 bits per heavy atom. The van der Waals surface area contributed by atoms with Crippen LogP contribution in [0.1, 0.15) is 24.0 Å². The van der Waals surface area contributed by atoms with E-state index in [0.29, 0.717) is 23.5 Å². The van der Waals surface area contributed by atoms with E-state index in [-0.39, 0.29) is 5.76 Å². The van der Waals surface area contributed by atoms with Gasteiger partial charge in [0.15, 0.2) is 0 Å². The maximum Gasteiger partial charge on any atom is 0.348 e. The number of thioether (sulfide) groups is 2. The molecule has 2 heterocycles. The number of hydrogen-bond acceptors (Lipinski definition) is 6. The van der Waals surface area contributed by atoms with Crippen LogP contribution in [0.3, 0.4) is 0 Å². The van der Waals surface area contributed by atoms with Crippen molar-refractivity contribution in [2.75, 3.05) is 31.1 Å². The number of aliphatic hydroxyl groups excluding tert-OH is 1. The van der Waals surface area contributed by atoms with Crippen LogP contribution in [0, 0.1) is 0 Å². The molecule has 4 rings (SSSR count). The maximum atomic E-state index is 13.0. The predicted molar refractivity (Wildman–Crippen MR) is 125 cm³/mol. The zero-order chi connectivity index (χ0) is 20.8. The molecule has 0 aromatic heterocycles. The molecule has 0 spiro atoms. The van der Waals surface area contributed by atoms with Crippen LogP contribution in [0.2, 0.25) is 0 Å². The second-order valence-electron chi connectivity index (χ2n) is 7.68. The lowest BCUT2D eigenvalue weighted by Crippen LogP contribution is -2.42. The normalized spacial score (nSPS) is 22.7. The van der Waals surface area contributed by atoms with Crippen molar-refractivity contribution in [2.45, 2.75) is 24.2 Å². The van der Waals surface area contributed by atoms with Gasteiger partial charge in [-0.25, -0.2) is 4.79 Å². The third-order valence-corrected chi connectivity index (χ3v) is 7.76. The van der Waals surface area contributed by atoms with Crippen molar-refractivity contribution < 1.29 is 14.6 Å². The van der Waals surface area contributed by atoms with E-state index in [1.54, 1.807) is 0 Å². The number of carbonyl (C=O) groups is 1. The fraction of sp³-hybridized carbons (Fsp3) is 0.375. The molecule has 30 heavy (non-hydrogen) atoms. The summed E-state index contributed by atoms with van der Waals surface area (Å²) in [4.78, 5) is 15.7. The number of benzene rings is 2. The number of hydrogen-bond donors (Lipinski definition) is 1. The quantitative estimate of drug-likeness (QED) is 0.612. The van der Waals surface area contributed by atoms with Crippen molar-refractivity contribution in [3.63, 3.8) is 0 Å². The molecule has 6 heteroatoms. The van der Waals surface area contributed by atoms with Gasteiger partial charge in [0.05, 0.1) is 6.42 Å². The standard InChI is InChI=1S/C24H27NO3S2/c26-21-17-24(20-9-5-2-6-10-20,11-12-25-13-15-29-16-14-25)28-23(27)22(21)30-18-19-7-3-1-4-8-19/h1-10,26H,11-18H2. The number of aliphatic hydroxyl groups is 1. The van der Waals surface area contributed by atoms with Crippen LogP contribution in [0.25, 0.3) is 0 Å². The first-order valence-electron chi connectivity index (χ1n) is 10.3. The Kier molecular flexibility index (Phi) is 7.08. The minimum atomic E-state index is -0.816. The molecular weight excluding hydrogens is 414 g/mol. The van der Waals surface area contributed by atoms with Gasteiger partial charge >= 0.3 is 5.97 Å². The molecule has 0 amide bonds.